The quantitative estimate of drug-likeness (QED) is 0.571. The molecule has 0 N–H and O–H groups in total. The minimum absolute atomic E-state index is 0.00875. The molecule has 0 aliphatic carbocycles. The van der Waals surface area contributed by atoms with Gasteiger partial charge < -0.3 is 9.80 Å². The van der Waals surface area contributed by atoms with Gasteiger partial charge in [-0.1, -0.05) is 23.2 Å². The van der Waals surface area contributed by atoms with Gasteiger partial charge in [-0.15, -0.1) is 0 Å². The Morgan fingerprint density at radius 2 is 1.21 bits per heavy atom. The summed E-state index contributed by atoms with van der Waals surface area (Å²) in [6, 6.07) is 0. The molecular weight excluding hydrogens is 403 g/mol. The van der Waals surface area contributed by atoms with Crippen molar-refractivity contribution in [2.45, 2.75) is 25.7 Å². The number of hydrogen-bond acceptors (Lipinski definition) is 4. The number of nitrogens with zero attached hydrogens (tertiary/aromatic N) is 6. The van der Waals surface area contributed by atoms with Gasteiger partial charge in [-0.25, -0.2) is 0 Å². The van der Waals surface area contributed by atoms with Crippen LogP contribution in [-0.2, 0) is 36.5 Å². The van der Waals surface area contributed by atoms with Gasteiger partial charge >= 0.3 is 0 Å². The van der Waals surface area contributed by atoms with Crippen molar-refractivity contribution in [3.8, 4) is 0 Å². The largest absolute Gasteiger partial charge is 0.345 e. The van der Waals surface area contributed by atoms with Gasteiger partial charge in [-0.3, -0.25) is 19.0 Å². The predicted molar refractivity (Wildman–Crippen MR) is 108 cm³/mol. The van der Waals surface area contributed by atoms with Crippen LogP contribution in [0.1, 0.15) is 24.0 Å². The summed E-state index contributed by atoms with van der Waals surface area (Å²) in [5, 5.41) is 8.78. The number of rotatable bonds is 9. The molecule has 0 bridgehead atoms. The summed E-state index contributed by atoms with van der Waals surface area (Å²) < 4.78 is 3.19. The average molecular weight is 429 g/mol. The Morgan fingerprint density at radius 3 is 1.50 bits per heavy atom. The lowest BCUT2D eigenvalue weighted by Gasteiger charge is -2.19. The summed E-state index contributed by atoms with van der Waals surface area (Å²) in [4.78, 5) is 27.9. The van der Waals surface area contributed by atoms with Crippen molar-refractivity contribution in [3.05, 3.63) is 33.8 Å². The van der Waals surface area contributed by atoms with Crippen LogP contribution < -0.4 is 0 Å². The molecule has 8 nitrogen and oxygen atoms in total. The second-order valence-electron chi connectivity index (χ2n) is 6.93. The summed E-state index contributed by atoms with van der Waals surface area (Å²) in [5.41, 5.74) is 1.45. The van der Waals surface area contributed by atoms with Crippen LogP contribution in [0.3, 0.4) is 0 Å². The smallest absolute Gasteiger partial charge is 0.226 e. The number of likely N-dealkylation sites (N-methyl/N-ethyl adjacent to an activating group) is 2. The van der Waals surface area contributed by atoms with Crippen LogP contribution in [0.4, 0.5) is 0 Å². The number of carbonyl (C=O) groups is 2. The van der Waals surface area contributed by atoms with Crippen molar-refractivity contribution in [1.29, 1.82) is 0 Å². The van der Waals surface area contributed by atoms with E-state index in [9.17, 15) is 9.59 Å². The molecule has 0 spiro atoms. The van der Waals surface area contributed by atoms with Gasteiger partial charge in [0.1, 0.15) is 0 Å². The molecule has 2 aromatic heterocycles. The third-order valence-corrected chi connectivity index (χ3v) is 5.11. The fourth-order valence-electron chi connectivity index (χ4n) is 2.80. The molecule has 2 rings (SSSR count). The van der Waals surface area contributed by atoms with Gasteiger partial charge in [-0.05, 0) is 12.8 Å². The SMILES string of the molecule is CN(CCCCN(C)C(=O)Cc1cn(C)nc1Cl)C(=O)Cc1cn(C)nc1Cl. The lowest BCUT2D eigenvalue weighted by molar-refractivity contribution is -0.130. The van der Waals surface area contributed by atoms with Gasteiger partial charge in [0, 0.05) is 64.8 Å². The summed E-state index contributed by atoms with van der Waals surface area (Å²) in [5.74, 6) is -0.0175. The highest BCUT2D eigenvalue weighted by molar-refractivity contribution is 6.30. The van der Waals surface area contributed by atoms with Gasteiger partial charge in [0.2, 0.25) is 11.8 Å². The van der Waals surface area contributed by atoms with Crippen molar-refractivity contribution in [2.24, 2.45) is 14.1 Å². The average Bonchev–Trinajstić information content (AvgIpc) is 3.10. The summed E-state index contributed by atoms with van der Waals surface area (Å²) in [6.45, 7) is 1.24. The number of carbonyl (C=O) groups excluding carboxylic acids is 2. The van der Waals surface area contributed by atoms with Crippen LogP contribution in [0.2, 0.25) is 10.3 Å². The second-order valence-corrected chi connectivity index (χ2v) is 7.64. The Bertz CT molecular complexity index is 764. The number of halogens is 2. The first-order valence-electron chi connectivity index (χ1n) is 9.01. The first-order valence-corrected chi connectivity index (χ1v) is 9.77. The molecule has 0 fully saturated rings. The molecular formula is C18H26Cl2N6O2. The maximum Gasteiger partial charge on any atom is 0.226 e. The van der Waals surface area contributed by atoms with Crippen molar-refractivity contribution in [2.75, 3.05) is 27.2 Å². The Balaban J connectivity index is 1.69. The van der Waals surface area contributed by atoms with E-state index in [2.05, 4.69) is 10.2 Å². The standard InChI is InChI=1S/C18H26Cl2N6O2/c1-23(15(27)9-13-11-25(3)21-17(13)19)7-5-6-8-24(2)16(28)10-14-12-26(4)22-18(14)20/h11-12H,5-10H2,1-4H3. The van der Waals surface area contributed by atoms with E-state index in [1.165, 1.54) is 0 Å². The highest BCUT2D eigenvalue weighted by Gasteiger charge is 2.16. The molecule has 0 aliphatic rings. The van der Waals surface area contributed by atoms with E-state index in [0.29, 0.717) is 23.4 Å². The van der Waals surface area contributed by atoms with Crippen LogP contribution in [-0.4, -0.2) is 68.4 Å². The molecule has 0 aromatic carbocycles. The van der Waals surface area contributed by atoms with E-state index in [-0.39, 0.29) is 24.7 Å². The maximum atomic E-state index is 12.3. The van der Waals surface area contributed by atoms with Gasteiger partial charge in [-0.2, -0.15) is 10.2 Å². The molecule has 0 saturated heterocycles. The maximum absolute atomic E-state index is 12.3. The molecule has 2 aromatic rings. The summed E-state index contributed by atoms with van der Waals surface area (Å²) in [6.07, 6.45) is 5.57. The minimum atomic E-state index is -0.00875. The fraction of sp³-hybridized carbons (Fsp3) is 0.556. The Kier molecular flexibility index (Phi) is 7.88. The van der Waals surface area contributed by atoms with E-state index >= 15 is 0 Å². The minimum Gasteiger partial charge on any atom is -0.345 e. The number of aromatic nitrogens is 4. The molecule has 0 atom stereocenters. The number of unbranched alkanes of at least 4 members (excludes halogenated alkanes) is 1. The third kappa shape index (κ3) is 6.24. The molecule has 0 radical (unpaired) electrons. The van der Waals surface area contributed by atoms with E-state index in [4.69, 9.17) is 23.2 Å². The molecule has 0 aliphatic heterocycles. The second kappa shape index (κ2) is 9.93. The summed E-state index contributed by atoms with van der Waals surface area (Å²) in [7, 11) is 7.07. The zero-order valence-electron chi connectivity index (χ0n) is 16.7. The van der Waals surface area contributed by atoms with E-state index in [1.807, 2.05) is 0 Å². The first-order chi connectivity index (χ1) is 13.2. The van der Waals surface area contributed by atoms with Gasteiger partial charge in [0.05, 0.1) is 12.8 Å². The topological polar surface area (TPSA) is 76.3 Å². The fourth-order valence-corrected chi connectivity index (χ4v) is 3.27. The van der Waals surface area contributed by atoms with Crippen molar-refractivity contribution < 1.29 is 9.59 Å². The van der Waals surface area contributed by atoms with Crippen molar-refractivity contribution >= 4 is 35.0 Å². The van der Waals surface area contributed by atoms with E-state index < -0.39 is 0 Å². The van der Waals surface area contributed by atoms with Crippen LogP contribution in [0, 0.1) is 0 Å². The van der Waals surface area contributed by atoms with Crippen LogP contribution in [0.15, 0.2) is 12.4 Å². The van der Waals surface area contributed by atoms with E-state index in [1.54, 1.807) is 59.7 Å². The zero-order valence-corrected chi connectivity index (χ0v) is 18.2. The molecule has 10 heteroatoms. The Morgan fingerprint density at radius 1 is 0.857 bits per heavy atom. The molecule has 2 heterocycles. The molecule has 28 heavy (non-hydrogen) atoms. The lowest BCUT2D eigenvalue weighted by atomic mass is 10.2. The van der Waals surface area contributed by atoms with Gasteiger partial charge in [0.25, 0.3) is 0 Å². The van der Waals surface area contributed by atoms with Crippen LogP contribution in [0.25, 0.3) is 0 Å². The number of hydrogen-bond donors (Lipinski definition) is 0. The predicted octanol–water partition coefficient (Wildman–Crippen LogP) is 1.94. The summed E-state index contributed by atoms with van der Waals surface area (Å²) >= 11 is 12.0. The van der Waals surface area contributed by atoms with Crippen LogP contribution >= 0.6 is 23.2 Å². The zero-order chi connectivity index (χ0) is 20.8. The first kappa shape index (κ1) is 22.2. The number of aryl methyl sites for hydroxylation is 2. The highest BCUT2D eigenvalue weighted by Crippen LogP contribution is 2.15. The normalized spacial score (nSPS) is 10.9. The van der Waals surface area contributed by atoms with Gasteiger partial charge in [0.15, 0.2) is 10.3 Å². The lowest BCUT2D eigenvalue weighted by Crippen LogP contribution is -2.31. The Hall–Kier alpha value is -2.06. The molecule has 154 valence electrons. The van der Waals surface area contributed by atoms with Crippen molar-refractivity contribution in [1.82, 2.24) is 29.4 Å². The Labute approximate surface area is 175 Å². The molecule has 2 amide bonds. The monoisotopic (exact) mass is 428 g/mol. The van der Waals surface area contributed by atoms with E-state index in [0.717, 1.165) is 24.0 Å². The highest BCUT2D eigenvalue weighted by atomic mass is 35.5. The third-order valence-electron chi connectivity index (χ3n) is 4.48. The van der Waals surface area contributed by atoms with Crippen LogP contribution in [0.5, 0.6) is 0 Å². The van der Waals surface area contributed by atoms with Crippen molar-refractivity contribution in [3.63, 3.8) is 0 Å². The number of amides is 2. The molecule has 0 saturated carbocycles. The molecule has 0 unspecified atom stereocenters.